The number of aryl methyl sites for hydroxylation is 1. The number of amides is 1. The molecule has 1 rings (SSSR count). The maximum Gasteiger partial charge on any atom is 0.339 e. The number of hydrogen-bond donors (Lipinski definition) is 1. The average Bonchev–Trinajstić information content (AvgIpc) is 2.36. The van der Waals surface area contributed by atoms with Crippen LogP contribution in [0.5, 0.6) is 5.75 Å². The van der Waals surface area contributed by atoms with Gasteiger partial charge < -0.3 is 14.7 Å². The van der Waals surface area contributed by atoms with E-state index in [1.807, 2.05) is 27.7 Å². The van der Waals surface area contributed by atoms with E-state index in [2.05, 4.69) is 0 Å². The molecular weight excluding hydrogens is 270 g/mol. The number of hydrogen-bond acceptors (Lipinski definition) is 3. The molecule has 1 amide bonds. The molecule has 1 N–H and O–H groups in total. The minimum atomic E-state index is -1.06. The van der Waals surface area contributed by atoms with Crippen molar-refractivity contribution in [2.75, 3.05) is 6.61 Å². The Balaban J connectivity index is 2.84. The topological polar surface area (TPSA) is 66.8 Å². The van der Waals surface area contributed by atoms with E-state index in [0.717, 1.165) is 5.56 Å². The van der Waals surface area contributed by atoms with Crippen LogP contribution in [0.1, 0.15) is 43.6 Å². The van der Waals surface area contributed by atoms with Crippen molar-refractivity contribution in [1.29, 1.82) is 0 Å². The summed E-state index contributed by atoms with van der Waals surface area (Å²) in [5.41, 5.74) is 0.903. The maximum atomic E-state index is 12.2. The predicted molar refractivity (Wildman–Crippen MR) is 80.8 cm³/mol. The number of rotatable bonds is 6. The second-order valence-corrected chi connectivity index (χ2v) is 5.58. The van der Waals surface area contributed by atoms with Crippen LogP contribution in [0.3, 0.4) is 0 Å². The van der Waals surface area contributed by atoms with E-state index >= 15 is 0 Å². The van der Waals surface area contributed by atoms with E-state index in [1.54, 1.807) is 24.0 Å². The lowest BCUT2D eigenvalue weighted by atomic mass is 10.1. The third-order valence-electron chi connectivity index (χ3n) is 3.12. The fourth-order valence-electron chi connectivity index (χ4n) is 2.32. The molecule has 0 bridgehead atoms. The Morgan fingerprint density at radius 2 is 1.76 bits per heavy atom. The molecule has 0 radical (unpaired) electrons. The third-order valence-corrected chi connectivity index (χ3v) is 3.12. The zero-order valence-electron chi connectivity index (χ0n) is 13.2. The summed E-state index contributed by atoms with van der Waals surface area (Å²) in [6, 6.07) is 5.01. The van der Waals surface area contributed by atoms with Crippen molar-refractivity contribution in [2.24, 2.45) is 0 Å². The highest BCUT2D eigenvalue weighted by molar-refractivity contribution is 5.91. The lowest BCUT2D eigenvalue weighted by Gasteiger charge is -2.30. The zero-order valence-corrected chi connectivity index (χ0v) is 13.2. The smallest absolute Gasteiger partial charge is 0.339 e. The van der Waals surface area contributed by atoms with Crippen LogP contribution in [0.4, 0.5) is 0 Å². The van der Waals surface area contributed by atoms with E-state index in [-0.39, 0.29) is 35.9 Å². The van der Waals surface area contributed by atoms with Crippen molar-refractivity contribution in [1.82, 2.24) is 4.90 Å². The summed E-state index contributed by atoms with van der Waals surface area (Å²) in [6.07, 6.45) is 0. The number of carbonyl (C=O) groups excluding carboxylic acids is 1. The lowest BCUT2D eigenvalue weighted by molar-refractivity contribution is -0.137. The van der Waals surface area contributed by atoms with Gasteiger partial charge in [-0.25, -0.2) is 4.79 Å². The van der Waals surface area contributed by atoms with Gasteiger partial charge in [-0.1, -0.05) is 11.6 Å². The number of aromatic carboxylic acids is 1. The van der Waals surface area contributed by atoms with Gasteiger partial charge in [0, 0.05) is 12.1 Å². The van der Waals surface area contributed by atoms with Crippen LogP contribution in [0.2, 0.25) is 0 Å². The van der Waals surface area contributed by atoms with Crippen LogP contribution < -0.4 is 4.74 Å². The van der Waals surface area contributed by atoms with Crippen molar-refractivity contribution in [3.63, 3.8) is 0 Å². The first kappa shape index (κ1) is 17.0. The summed E-state index contributed by atoms with van der Waals surface area (Å²) in [5, 5.41) is 9.17. The fourth-order valence-corrected chi connectivity index (χ4v) is 2.32. The molecule has 0 aromatic heterocycles. The molecule has 116 valence electrons. The van der Waals surface area contributed by atoms with E-state index in [9.17, 15) is 9.59 Å². The lowest BCUT2D eigenvalue weighted by Crippen LogP contribution is -2.44. The Kier molecular flexibility index (Phi) is 5.76. The monoisotopic (exact) mass is 293 g/mol. The summed E-state index contributed by atoms with van der Waals surface area (Å²) in [6.45, 7) is 9.39. The molecule has 0 aliphatic rings. The molecule has 0 aliphatic carbocycles. The van der Waals surface area contributed by atoms with Gasteiger partial charge in [-0.3, -0.25) is 4.79 Å². The van der Waals surface area contributed by atoms with E-state index < -0.39 is 5.97 Å². The van der Waals surface area contributed by atoms with Crippen molar-refractivity contribution < 1.29 is 19.4 Å². The molecule has 0 aliphatic heterocycles. The largest absolute Gasteiger partial charge is 0.483 e. The van der Waals surface area contributed by atoms with Gasteiger partial charge in [0.2, 0.25) is 0 Å². The van der Waals surface area contributed by atoms with Gasteiger partial charge in [-0.2, -0.15) is 0 Å². The Bertz CT molecular complexity index is 515. The SMILES string of the molecule is Cc1ccc(OCC(=O)N(C(C)C)C(C)C)c(C(=O)O)c1. The maximum absolute atomic E-state index is 12.2. The van der Waals surface area contributed by atoms with Gasteiger partial charge in [-0.15, -0.1) is 0 Å². The van der Waals surface area contributed by atoms with Gasteiger partial charge in [-0.05, 0) is 46.8 Å². The summed E-state index contributed by atoms with van der Waals surface area (Å²) in [7, 11) is 0. The second-order valence-electron chi connectivity index (χ2n) is 5.58. The standard InChI is InChI=1S/C16H23NO4/c1-10(2)17(11(3)4)15(18)9-21-14-7-6-12(5)8-13(14)16(19)20/h6-8,10-11H,9H2,1-5H3,(H,19,20). The Hall–Kier alpha value is -2.04. The molecule has 5 heteroatoms. The molecule has 0 spiro atoms. The number of carboxylic acids is 1. The molecule has 0 unspecified atom stereocenters. The highest BCUT2D eigenvalue weighted by Crippen LogP contribution is 2.20. The van der Waals surface area contributed by atoms with Crippen LogP contribution in [0.15, 0.2) is 18.2 Å². The fraction of sp³-hybridized carbons (Fsp3) is 0.500. The first-order valence-electron chi connectivity index (χ1n) is 7.02. The summed E-state index contributed by atoms with van der Waals surface area (Å²) < 4.78 is 5.42. The number of carbonyl (C=O) groups is 2. The van der Waals surface area contributed by atoms with Gasteiger partial charge in [0.05, 0.1) is 0 Å². The number of benzene rings is 1. The van der Waals surface area contributed by atoms with Crippen molar-refractivity contribution >= 4 is 11.9 Å². The minimum absolute atomic E-state index is 0.0676. The number of ether oxygens (including phenoxy) is 1. The van der Waals surface area contributed by atoms with Crippen LogP contribution in [-0.2, 0) is 4.79 Å². The molecule has 21 heavy (non-hydrogen) atoms. The first-order chi connectivity index (χ1) is 9.73. The average molecular weight is 293 g/mol. The Labute approximate surface area is 125 Å². The zero-order chi connectivity index (χ0) is 16.2. The van der Waals surface area contributed by atoms with E-state index in [4.69, 9.17) is 9.84 Å². The van der Waals surface area contributed by atoms with Gasteiger partial charge in [0.25, 0.3) is 5.91 Å². The van der Waals surface area contributed by atoms with Crippen molar-refractivity contribution in [2.45, 2.75) is 46.7 Å². The molecule has 1 aromatic rings. The summed E-state index contributed by atoms with van der Waals surface area (Å²) in [4.78, 5) is 25.1. The van der Waals surface area contributed by atoms with E-state index in [0.29, 0.717) is 0 Å². The molecule has 1 aromatic carbocycles. The van der Waals surface area contributed by atoms with Crippen molar-refractivity contribution in [3.05, 3.63) is 29.3 Å². The second kappa shape index (κ2) is 7.11. The van der Waals surface area contributed by atoms with Crippen LogP contribution in [-0.4, -0.2) is 40.6 Å². The minimum Gasteiger partial charge on any atom is -0.483 e. The molecule has 0 fully saturated rings. The van der Waals surface area contributed by atoms with Gasteiger partial charge in [0.1, 0.15) is 11.3 Å². The summed E-state index contributed by atoms with van der Waals surface area (Å²) in [5.74, 6) is -1.00. The molecule has 0 atom stereocenters. The quantitative estimate of drug-likeness (QED) is 0.875. The molecule has 0 saturated carbocycles. The predicted octanol–water partition coefficient (Wildman–Crippen LogP) is 2.72. The third kappa shape index (κ3) is 4.48. The molecule has 0 saturated heterocycles. The molecular formula is C16H23NO4. The highest BCUT2D eigenvalue weighted by Gasteiger charge is 2.21. The van der Waals surface area contributed by atoms with Gasteiger partial charge >= 0.3 is 5.97 Å². The van der Waals surface area contributed by atoms with Crippen LogP contribution in [0.25, 0.3) is 0 Å². The Morgan fingerprint density at radius 3 is 2.24 bits per heavy atom. The number of carboxylic acid groups (broad SMARTS) is 1. The van der Waals surface area contributed by atoms with Crippen LogP contribution >= 0.6 is 0 Å². The highest BCUT2D eigenvalue weighted by atomic mass is 16.5. The normalized spacial score (nSPS) is 10.8. The molecule has 0 heterocycles. The Morgan fingerprint density at radius 1 is 1.19 bits per heavy atom. The first-order valence-corrected chi connectivity index (χ1v) is 7.02. The molecule has 5 nitrogen and oxygen atoms in total. The summed E-state index contributed by atoms with van der Waals surface area (Å²) >= 11 is 0. The van der Waals surface area contributed by atoms with Crippen LogP contribution in [0, 0.1) is 6.92 Å². The van der Waals surface area contributed by atoms with E-state index in [1.165, 1.54) is 6.07 Å². The van der Waals surface area contributed by atoms with Gasteiger partial charge in [0.15, 0.2) is 6.61 Å². The van der Waals surface area contributed by atoms with Crippen molar-refractivity contribution in [3.8, 4) is 5.75 Å². The number of nitrogens with zero attached hydrogens (tertiary/aromatic N) is 1.